The second-order valence-corrected chi connectivity index (χ2v) is 3.10. The van der Waals surface area contributed by atoms with E-state index >= 15 is 0 Å². The van der Waals surface area contributed by atoms with Crippen LogP contribution in [0.4, 0.5) is 0 Å². The van der Waals surface area contributed by atoms with E-state index in [0.717, 1.165) is 18.1 Å². The number of aryl methyl sites for hydroxylation is 1. The summed E-state index contributed by atoms with van der Waals surface area (Å²) in [6, 6.07) is 0.476. The van der Waals surface area contributed by atoms with Gasteiger partial charge in [-0.3, -0.25) is 0 Å². The zero-order valence-corrected chi connectivity index (χ0v) is 10.7. The van der Waals surface area contributed by atoms with E-state index in [2.05, 4.69) is 15.3 Å². The van der Waals surface area contributed by atoms with Crippen LogP contribution >= 0.6 is 0 Å². The summed E-state index contributed by atoms with van der Waals surface area (Å²) in [4.78, 5) is 7.52. The largest absolute Gasteiger partial charge is 0.345 e. The summed E-state index contributed by atoms with van der Waals surface area (Å²) in [5.74, 6) is 1.10. The molecule has 1 saturated heterocycles. The molecule has 1 atom stereocenters. The van der Waals surface area contributed by atoms with Crippen molar-refractivity contribution in [3.05, 3.63) is 17.7 Å². The molecule has 1 aliphatic rings. The third-order valence-corrected chi connectivity index (χ3v) is 2.11. The topological polar surface area (TPSA) is 40.7 Å². The summed E-state index contributed by atoms with van der Waals surface area (Å²) in [5.41, 5.74) is 1.15. The number of hydrogen-bond donors (Lipinski definition) is 2. The molecule has 2 heterocycles. The summed E-state index contributed by atoms with van der Waals surface area (Å²) in [5, 5.41) is 3.39. The monoisotopic (exact) mass is 211 g/mol. The van der Waals surface area contributed by atoms with Gasteiger partial charge >= 0.3 is 0 Å². The average molecular weight is 211 g/mol. The number of nitrogens with zero attached hydrogens (tertiary/aromatic N) is 1. The Kier molecular flexibility index (Phi) is 8.01. The maximum Gasteiger partial charge on any atom is 0.123 e. The van der Waals surface area contributed by atoms with E-state index in [-0.39, 0.29) is 0 Å². The van der Waals surface area contributed by atoms with Gasteiger partial charge in [-0.15, -0.1) is 0 Å². The van der Waals surface area contributed by atoms with Crippen molar-refractivity contribution in [2.24, 2.45) is 0 Å². The molecule has 1 aromatic heterocycles. The standard InChI is InChI=1S/C8H13N3.2C2H6/c1-6-5-10-8(11-6)7-3-2-4-9-7;2*1-2/h5,7,9H,2-4H2,1H3,(H,10,11);2*1-2H3/t7-;;/m0../s1. The van der Waals surface area contributed by atoms with E-state index in [1.54, 1.807) is 0 Å². The zero-order chi connectivity index (χ0) is 11.7. The normalized spacial score (nSPS) is 18.6. The lowest BCUT2D eigenvalue weighted by Gasteiger charge is -2.04. The molecule has 2 rings (SSSR count). The molecule has 0 bridgehead atoms. The van der Waals surface area contributed by atoms with Gasteiger partial charge < -0.3 is 10.3 Å². The van der Waals surface area contributed by atoms with Crippen LogP contribution in [0.5, 0.6) is 0 Å². The molecule has 0 spiro atoms. The van der Waals surface area contributed by atoms with Gasteiger partial charge in [-0.2, -0.15) is 0 Å². The quantitative estimate of drug-likeness (QED) is 0.749. The van der Waals surface area contributed by atoms with Crippen LogP contribution in [0.15, 0.2) is 6.20 Å². The Morgan fingerprint density at radius 3 is 2.33 bits per heavy atom. The van der Waals surface area contributed by atoms with Crippen LogP contribution in [-0.2, 0) is 0 Å². The summed E-state index contributed by atoms with van der Waals surface area (Å²) in [6.45, 7) is 11.2. The Hall–Kier alpha value is -0.830. The highest BCUT2D eigenvalue weighted by Crippen LogP contribution is 2.19. The third kappa shape index (κ3) is 4.47. The molecule has 0 aromatic carbocycles. The molecule has 0 amide bonds. The number of rotatable bonds is 1. The van der Waals surface area contributed by atoms with Crippen molar-refractivity contribution < 1.29 is 0 Å². The second kappa shape index (κ2) is 8.48. The smallest absolute Gasteiger partial charge is 0.123 e. The first-order valence-corrected chi connectivity index (χ1v) is 6.11. The third-order valence-electron chi connectivity index (χ3n) is 2.11. The molecule has 15 heavy (non-hydrogen) atoms. The first-order valence-electron chi connectivity index (χ1n) is 6.11. The summed E-state index contributed by atoms with van der Waals surface area (Å²) >= 11 is 0. The SMILES string of the molecule is CC.CC.Cc1cnc([C@@H]2CCCN2)[nH]1. The van der Waals surface area contributed by atoms with Gasteiger partial charge in [0.05, 0.1) is 6.04 Å². The molecule has 0 saturated carbocycles. The van der Waals surface area contributed by atoms with Gasteiger partial charge in [0.25, 0.3) is 0 Å². The summed E-state index contributed by atoms with van der Waals surface area (Å²) in [6.07, 6.45) is 4.37. The number of nitrogens with one attached hydrogen (secondary N) is 2. The molecule has 0 aliphatic carbocycles. The fraction of sp³-hybridized carbons (Fsp3) is 0.750. The van der Waals surface area contributed by atoms with Crippen LogP contribution in [0.25, 0.3) is 0 Å². The molecule has 0 unspecified atom stereocenters. The van der Waals surface area contributed by atoms with Gasteiger partial charge in [0.1, 0.15) is 5.82 Å². The molecule has 2 N–H and O–H groups in total. The lowest BCUT2D eigenvalue weighted by Crippen LogP contribution is -2.14. The lowest BCUT2D eigenvalue weighted by molar-refractivity contribution is 0.612. The van der Waals surface area contributed by atoms with Crippen molar-refractivity contribution >= 4 is 0 Å². The minimum absolute atomic E-state index is 0.476. The van der Waals surface area contributed by atoms with E-state index in [9.17, 15) is 0 Å². The van der Waals surface area contributed by atoms with Crippen molar-refractivity contribution in [2.45, 2.75) is 53.5 Å². The van der Waals surface area contributed by atoms with Crippen LogP contribution in [0.2, 0.25) is 0 Å². The van der Waals surface area contributed by atoms with Gasteiger partial charge in [-0.05, 0) is 26.3 Å². The molecular formula is C12H25N3. The summed E-state index contributed by atoms with van der Waals surface area (Å²) in [7, 11) is 0. The van der Waals surface area contributed by atoms with Crippen molar-refractivity contribution in [2.75, 3.05) is 6.54 Å². The van der Waals surface area contributed by atoms with Crippen LogP contribution < -0.4 is 5.32 Å². The first-order chi connectivity index (χ1) is 7.36. The Morgan fingerprint density at radius 2 is 1.93 bits per heavy atom. The molecule has 88 valence electrons. The Labute approximate surface area is 93.7 Å². The molecule has 1 aromatic rings. The maximum atomic E-state index is 4.28. The second-order valence-electron chi connectivity index (χ2n) is 3.10. The first kappa shape index (κ1) is 14.2. The highest BCUT2D eigenvalue weighted by Gasteiger charge is 2.17. The molecular weight excluding hydrogens is 186 g/mol. The highest BCUT2D eigenvalue weighted by molar-refractivity contribution is 5.04. The molecule has 1 aliphatic heterocycles. The van der Waals surface area contributed by atoms with Crippen LogP contribution in [0.3, 0.4) is 0 Å². The minimum Gasteiger partial charge on any atom is -0.345 e. The summed E-state index contributed by atoms with van der Waals surface area (Å²) < 4.78 is 0. The van der Waals surface area contributed by atoms with Crippen LogP contribution in [-0.4, -0.2) is 16.5 Å². The fourth-order valence-electron chi connectivity index (χ4n) is 1.53. The maximum absolute atomic E-state index is 4.28. The van der Waals surface area contributed by atoms with Crippen LogP contribution in [0.1, 0.15) is 58.1 Å². The predicted molar refractivity (Wildman–Crippen MR) is 66.0 cm³/mol. The lowest BCUT2D eigenvalue weighted by atomic mass is 10.2. The number of aromatic amines is 1. The van der Waals surface area contributed by atoms with Crippen LogP contribution in [0, 0.1) is 6.92 Å². The van der Waals surface area contributed by atoms with E-state index in [1.165, 1.54) is 12.8 Å². The number of aromatic nitrogens is 2. The van der Waals surface area contributed by atoms with E-state index in [4.69, 9.17) is 0 Å². The highest BCUT2D eigenvalue weighted by atomic mass is 15.0. The molecule has 3 nitrogen and oxygen atoms in total. The van der Waals surface area contributed by atoms with E-state index < -0.39 is 0 Å². The number of H-pyrrole nitrogens is 1. The van der Waals surface area contributed by atoms with Gasteiger partial charge in [0, 0.05) is 11.9 Å². The minimum atomic E-state index is 0.476. The molecule has 1 fully saturated rings. The number of imidazole rings is 1. The van der Waals surface area contributed by atoms with Gasteiger partial charge in [-0.25, -0.2) is 4.98 Å². The van der Waals surface area contributed by atoms with Gasteiger partial charge in [0.15, 0.2) is 0 Å². The van der Waals surface area contributed by atoms with Crippen molar-refractivity contribution in [1.82, 2.24) is 15.3 Å². The Morgan fingerprint density at radius 1 is 1.27 bits per heavy atom. The number of hydrogen-bond acceptors (Lipinski definition) is 2. The van der Waals surface area contributed by atoms with Crippen molar-refractivity contribution in [3.63, 3.8) is 0 Å². The fourth-order valence-corrected chi connectivity index (χ4v) is 1.53. The predicted octanol–water partition coefficient (Wildman–Crippen LogP) is 3.20. The zero-order valence-electron chi connectivity index (χ0n) is 10.7. The van der Waals surface area contributed by atoms with Crippen molar-refractivity contribution in [3.8, 4) is 0 Å². The van der Waals surface area contributed by atoms with E-state index in [0.29, 0.717) is 6.04 Å². The molecule has 0 radical (unpaired) electrons. The average Bonchev–Trinajstić information content (AvgIpc) is 2.94. The van der Waals surface area contributed by atoms with Gasteiger partial charge in [-0.1, -0.05) is 27.7 Å². The Bertz CT molecular complexity index is 237. The van der Waals surface area contributed by atoms with Crippen molar-refractivity contribution in [1.29, 1.82) is 0 Å². The molecule has 3 heteroatoms. The van der Waals surface area contributed by atoms with E-state index in [1.807, 2.05) is 40.8 Å². The Balaban J connectivity index is 0.000000442. The van der Waals surface area contributed by atoms with Gasteiger partial charge in [0.2, 0.25) is 0 Å².